The van der Waals surface area contributed by atoms with Crippen LogP contribution in [0.1, 0.15) is 12.1 Å². The van der Waals surface area contributed by atoms with E-state index in [-0.39, 0.29) is 12.3 Å². The van der Waals surface area contributed by atoms with E-state index in [0.29, 0.717) is 18.4 Å². The maximum absolute atomic E-state index is 11.0. The number of aliphatic hydroxyl groups is 1. The molecule has 1 aromatic heterocycles. The summed E-state index contributed by atoms with van der Waals surface area (Å²) in [6, 6.07) is 4.99. The molecule has 0 amide bonds. The Balaban J connectivity index is 2.50. The molecule has 0 spiro atoms. The van der Waals surface area contributed by atoms with E-state index in [0.717, 1.165) is 16.8 Å². The van der Waals surface area contributed by atoms with Crippen molar-refractivity contribution in [3.05, 3.63) is 40.2 Å². The molecule has 0 aliphatic heterocycles. The van der Waals surface area contributed by atoms with Crippen LogP contribution in [0.4, 0.5) is 11.4 Å². The van der Waals surface area contributed by atoms with Crippen molar-refractivity contribution >= 4 is 22.1 Å². The lowest BCUT2D eigenvalue weighted by atomic mass is 10.1. The summed E-state index contributed by atoms with van der Waals surface area (Å²) in [5.74, 6) is 0. The first-order valence-electron chi connectivity index (χ1n) is 6.02. The van der Waals surface area contributed by atoms with E-state index < -0.39 is 4.92 Å². The third-order valence-electron chi connectivity index (χ3n) is 2.86. The number of benzene rings is 1. The van der Waals surface area contributed by atoms with Crippen molar-refractivity contribution in [2.24, 2.45) is 0 Å². The number of hydrogen-bond acceptors (Lipinski definition) is 5. The summed E-state index contributed by atoms with van der Waals surface area (Å²) in [6.07, 6.45) is 2.16. The van der Waals surface area contributed by atoms with Crippen LogP contribution in [0.25, 0.3) is 10.8 Å². The number of hydrogen-bond donors (Lipinski definition) is 2. The van der Waals surface area contributed by atoms with Gasteiger partial charge in [-0.05, 0) is 25.5 Å². The number of anilines is 1. The fraction of sp³-hybridized carbons (Fsp3) is 0.308. The molecule has 0 fully saturated rings. The standard InChI is InChI=1S/C13H15N3O3/c1-9-7-10-11(8-15-9)13(16(18)19)4-3-12(10)14-5-2-6-17/h3-4,7-8,14,17H,2,5-6H2,1H3. The highest BCUT2D eigenvalue weighted by atomic mass is 16.6. The first-order valence-corrected chi connectivity index (χ1v) is 6.02. The fourth-order valence-electron chi connectivity index (χ4n) is 1.94. The Bertz CT molecular complexity index is 613. The maximum Gasteiger partial charge on any atom is 0.278 e. The first kappa shape index (κ1) is 13.2. The number of aromatic nitrogens is 1. The largest absolute Gasteiger partial charge is 0.396 e. The summed E-state index contributed by atoms with van der Waals surface area (Å²) in [5.41, 5.74) is 1.67. The number of aryl methyl sites for hydroxylation is 1. The molecule has 0 unspecified atom stereocenters. The highest BCUT2D eigenvalue weighted by Gasteiger charge is 2.14. The molecule has 0 aliphatic rings. The van der Waals surface area contributed by atoms with Crippen molar-refractivity contribution in [2.45, 2.75) is 13.3 Å². The Morgan fingerprint density at radius 1 is 1.42 bits per heavy atom. The number of nitro groups is 1. The van der Waals surface area contributed by atoms with E-state index in [1.807, 2.05) is 13.0 Å². The number of nitrogens with one attached hydrogen (secondary N) is 1. The van der Waals surface area contributed by atoms with Gasteiger partial charge in [0.1, 0.15) is 0 Å². The minimum absolute atomic E-state index is 0.0511. The molecular weight excluding hydrogens is 246 g/mol. The second kappa shape index (κ2) is 5.62. The lowest BCUT2D eigenvalue weighted by molar-refractivity contribution is -0.383. The van der Waals surface area contributed by atoms with Crippen molar-refractivity contribution in [3.8, 4) is 0 Å². The van der Waals surface area contributed by atoms with Crippen LogP contribution in [-0.4, -0.2) is 28.2 Å². The van der Waals surface area contributed by atoms with Crippen molar-refractivity contribution in [2.75, 3.05) is 18.5 Å². The van der Waals surface area contributed by atoms with Gasteiger partial charge in [0.25, 0.3) is 5.69 Å². The van der Waals surface area contributed by atoms with Crippen LogP contribution in [0, 0.1) is 17.0 Å². The predicted octanol–water partition coefficient (Wildman–Crippen LogP) is 2.25. The van der Waals surface area contributed by atoms with Gasteiger partial charge in [-0.15, -0.1) is 0 Å². The molecule has 0 saturated heterocycles. The van der Waals surface area contributed by atoms with Gasteiger partial charge in [0.2, 0.25) is 0 Å². The smallest absolute Gasteiger partial charge is 0.278 e. The van der Waals surface area contributed by atoms with Gasteiger partial charge in [0.15, 0.2) is 0 Å². The highest BCUT2D eigenvalue weighted by molar-refractivity contribution is 5.99. The number of non-ortho nitro benzene ring substituents is 1. The summed E-state index contributed by atoms with van der Waals surface area (Å²) >= 11 is 0. The topological polar surface area (TPSA) is 88.3 Å². The van der Waals surface area contributed by atoms with Crippen LogP contribution in [0.15, 0.2) is 24.4 Å². The normalized spacial score (nSPS) is 10.6. The van der Waals surface area contributed by atoms with Crippen molar-refractivity contribution < 1.29 is 10.0 Å². The molecule has 6 nitrogen and oxygen atoms in total. The lowest BCUT2D eigenvalue weighted by Crippen LogP contribution is -2.04. The monoisotopic (exact) mass is 261 g/mol. The van der Waals surface area contributed by atoms with Gasteiger partial charge in [-0.25, -0.2) is 0 Å². The third-order valence-corrected chi connectivity index (χ3v) is 2.86. The van der Waals surface area contributed by atoms with E-state index in [9.17, 15) is 10.1 Å². The van der Waals surface area contributed by atoms with E-state index in [4.69, 9.17) is 5.11 Å². The average Bonchev–Trinajstić information content (AvgIpc) is 2.38. The maximum atomic E-state index is 11.0. The van der Waals surface area contributed by atoms with E-state index in [1.165, 1.54) is 12.3 Å². The molecule has 0 atom stereocenters. The van der Waals surface area contributed by atoms with Crippen LogP contribution >= 0.6 is 0 Å². The van der Waals surface area contributed by atoms with Crippen LogP contribution in [0.2, 0.25) is 0 Å². The molecule has 2 N–H and O–H groups in total. The Kier molecular flexibility index (Phi) is 3.91. The summed E-state index contributed by atoms with van der Waals surface area (Å²) in [4.78, 5) is 14.7. The lowest BCUT2D eigenvalue weighted by Gasteiger charge is -2.10. The second-order valence-corrected chi connectivity index (χ2v) is 4.26. The van der Waals surface area contributed by atoms with Crippen LogP contribution in [0.3, 0.4) is 0 Å². The molecular formula is C13H15N3O3. The van der Waals surface area contributed by atoms with Gasteiger partial charge in [-0.1, -0.05) is 0 Å². The van der Waals surface area contributed by atoms with Gasteiger partial charge >= 0.3 is 0 Å². The fourth-order valence-corrected chi connectivity index (χ4v) is 1.94. The molecule has 0 saturated carbocycles. The Hall–Kier alpha value is -2.21. The van der Waals surface area contributed by atoms with E-state index >= 15 is 0 Å². The zero-order valence-corrected chi connectivity index (χ0v) is 10.6. The van der Waals surface area contributed by atoms with Gasteiger partial charge in [0, 0.05) is 42.2 Å². The van der Waals surface area contributed by atoms with Crippen molar-refractivity contribution in [3.63, 3.8) is 0 Å². The molecule has 0 aliphatic carbocycles. The summed E-state index contributed by atoms with van der Waals surface area (Å²) in [5, 5.41) is 24.2. The molecule has 1 heterocycles. The zero-order valence-electron chi connectivity index (χ0n) is 10.6. The molecule has 1 aromatic carbocycles. The van der Waals surface area contributed by atoms with E-state index in [2.05, 4.69) is 10.3 Å². The van der Waals surface area contributed by atoms with Gasteiger partial charge in [0.05, 0.1) is 10.3 Å². The Morgan fingerprint density at radius 2 is 2.21 bits per heavy atom. The molecule has 100 valence electrons. The number of rotatable bonds is 5. The van der Waals surface area contributed by atoms with Gasteiger partial charge in [-0.3, -0.25) is 15.1 Å². The number of aliphatic hydroxyl groups excluding tert-OH is 1. The average molecular weight is 261 g/mol. The molecule has 2 aromatic rings. The second-order valence-electron chi connectivity index (χ2n) is 4.26. The number of pyridine rings is 1. The molecule has 19 heavy (non-hydrogen) atoms. The minimum atomic E-state index is -0.406. The van der Waals surface area contributed by atoms with Gasteiger partial charge < -0.3 is 10.4 Å². The Morgan fingerprint density at radius 3 is 2.89 bits per heavy atom. The summed E-state index contributed by atoms with van der Waals surface area (Å²) < 4.78 is 0. The summed E-state index contributed by atoms with van der Waals surface area (Å²) in [6.45, 7) is 2.57. The molecule has 0 bridgehead atoms. The quantitative estimate of drug-likeness (QED) is 0.489. The number of nitro benzene ring substituents is 1. The van der Waals surface area contributed by atoms with Crippen LogP contribution in [-0.2, 0) is 0 Å². The predicted molar refractivity (Wildman–Crippen MR) is 73.3 cm³/mol. The Labute approximate surface area is 110 Å². The third kappa shape index (κ3) is 2.79. The van der Waals surface area contributed by atoms with Crippen LogP contribution < -0.4 is 5.32 Å². The first-order chi connectivity index (χ1) is 9.13. The van der Waals surface area contributed by atoms with Crippen LogP contribution in [0.5, 0.6) is 0 Å². The SMILES string of the molecule is Cc1cc2c(NCCCO)ccc([N+](=O)[O-])c2cn1. The molecule has 6 heteroatoms. The van der Waals surface area contributed by atoms with Gasteiger partial charge in [-0.2, -0.15) is 0 Å². The van der Waals surface area contributed by atoms with Crippen molar-refractivity contribution in [1.82, 2.24) is 4.98 Å². The number of fused-ring (bicyclic) bond motifs is 1. The minimum Gasteiger partial charge on any atom is -0.396 e. The number of nitrogens with zero attached hydrogens (tertiary/aromatic N) is 2. The van der Waals surface area contributed by atoms with Crippen molar-refractivity contribution in [1.29, 1.82) is 0 Å². The molecule has 0 radical (unpaired) electrons. The summed E-state index contributed by atoms with van der Waals surface area (Å²) in [7, 11) is 0. The molecule has 2 rings (SSSR count). The zero-order chi connectivity index (χ0) is 13.8. The highest BCUT2D eigenvalue weighted by Crippen LogP contribution is 2.31. The van der Waals surface area contributed by atoms with E-state index in [1.54, 1.807) is 6.07 Å².